The summed E-state index contributed by atoms with van der Waals surface area (Å²) in [5, 5.41) is 13.6. The summed E-state index contributed by atoms with van der Waals surface area (Å²) in [5.41, 5.74) is 5.58. The highest BCUT2D eigenvalue weighted by Crippen LogP contribution is 2.16. The number of nitrogens with one attached hydrogen (secondary N) is 3. The summed E-state index contributed by atoms with van der Waals surface area (Å²) in [6, 6.07) is 0.898. The van der Waals surface area contributed by atoms with Crippen LogP contribution in [0.5, 0.6) is 0 Å². The number of aryl methyl sites for hydroxylation is 1. The number of carbonyl (C=O) groups is 3. The smallest absolute Gasteiger partial charge is 0.354 e. The van der Waals surface area contributed by atoms with Crippen LogP contribution in [-0.4, -0.2) is 34.5 Å². The van der Waals surface area contributed by atoms with Gasteiger partial charge in [-0.05, 0) is 13.0 Å². The predicted octanol–water partition coefficient (Wildman–Crippen LogP) is 0.0182. The van der Waals surface area contributed by atoms with E-state index in [0.717, 1.165) is 0 Å². The van der Waals surface area contributed by atoms with E-state index in [4.69, 9.17) is 10.8 Å². The Kier molecular flexibility index (Phi) is 4.30. The molecule has 0 atom stereocenters. The number of carboxylic acids is 1. The van der Waals surface area contributed by atoms with Gasteiger partial charge in [-0.25, -0.2) is 9.59 Å². The van der Waals surface area contributed by atoms with Gasteiger partial charge in [0.2, 0.25) is 5.91 Å². The van der Waals surface area contributed by atoms with Gasteiger partial charge in [0.1, 0.15) is 5.69 Å². The number of aromatic carboxylic acids is 1. The van der Waals surface area contributed by atoms with Gasteiger partial charge in [-0.3, -0.25) is 4.79 Å². The van der Waals surface area contributed by atoms with Gasteiger partial charge in [0.05, 0.1) is 5.69 Å². The molecule has 3 amide bonds. The Bertz CT molecular complexity index is 480. The van der Waals surface area contributed by atoms with Gasteiger partial charge in [0, 0.05) is 18.7 Å². The summed E-state index contributed by atoms with van der Waals surface area (Å²) in [6.45, 7) is 1.76. The van der Waals surface area contributed by atoms with E-state index in [9.17, 15) is 14.4 Å². The lowest BCUT2D eigenvalue weighted by Crippen LogP contribution is -2.32. The molecule has 0 aliphatic carbocycles. The molecule has 98 valence electrons. The van der Waals surface area contributed by atoms with E-state index < -0.39 is 17.9 Å². The number of hydrogen-bond donors (Lipinski definition) is 5. The van der Waals surface area contributed by atoms with Crippen molar-refractivity contribution in [3.05, 3.63) is 17.5 Å². The van der Waals surface area contributed by atoms with E-state index in [0.29, 0.717) is 5.69 Å². The minimum atomic E-state index is -1.17. The SMILES string of the molecule is Cc1cc(NC(=O)NCCC(N)=O)c(C(=O)O)[nH]1. The number of amides is 3. The van der Waals surface area contributed by atoms with Crippen LogP contribution in [0.2, 0.25) is 0 Å². The van der Waals surface area contributed by atoms with Crippen molar-refractivity contribution >= 4 is 23.6 Å². The number of H-pyrrole nitrogens is 1. The van der Waals surface area contributed by atoms with Crippen LogP contribution in [0, 0.1) is 6.92 Å². The van der Waals surface area contributed by atoms with Crippen LogP contribution in [0.25, 0.3) is 0 Å². The van der Waals surface area contributed by atoms with E-state index in [1.807, 2.05) is 0 Å². The summed E-state index contributed by atoms with van der Waals surface area (Å²) in [4.78, 5) is 35.3. The molecule has 0 saturated heterocycles. The molecule has 6 N–H and O–H groups in total. The highest BCUT2D eigenvalue weighted by molar-refractivity contribution is 5.99. The first-order valence-electron chi connectivity index (χ1n) is 5.16. The second-order valence-electron chi connectivity index (χ2n) is 3.64. The van der Waals surface area contributed by atoms with Crippen LogP contribution in [0.3, 0.4) is 0 Å². The van der Waals surface area contributed by atoms with Gasteiger partial charge in [-0.1, -0.05) is 0 Å². The van der Waals surface area contributed by atoms with E-state index in [1.54, 1.807) is 6.92 Å². The fourth-order valence-corrected chi connectivity index (χ4v) is 1.32. The first kappa shape index (κ1) is 13.6. The molecule has 0 bridgehead atoms. The average molecular weight is 254 g/mol. The second kappa shape index (κ2) is 5.71. The molecule has 0 aliphatic rings. The quantitative estimate of drug-likeness (QED) is 0.505. The molecule has 0 aromatic carbocycles. The normalized spacial score (nSPS) is 9.83. The molecule has 0 unspecified atom stereocenters. The molecular formula is C10H14N4O4. The monoisotopic (exact) mass is 254 g/mol. The Balaban J connectivity index is 2.59. The highest BCUT2D eigenvalue weighted by Gasteiger charge is 2.15. The van der Waals surface area contributed by atoms with Crippen LogP contribution in [0.1, 0.15) is 22.6 Å². The van der Waals surface area contributed by atoms with Gasteiger partial charge in [-0.15, -0.1) is 0 Å². The molecule has 0 aliphatic heterocycles. The maximum Gasteiger partial charge on any atom is 0.354 e. The number of aromatic amines is 1. The van der Waals surface area contributed by atoms with E-state index in [1.165, 1.54) is 6.07 Å². The van der Waals surface area contributed by atoms with Crippen molar-refractivity contribution in [1.29, 1.82) is 0 Å². The maximum atomic E-state index is 11.4. The standard InChI is InChI=1S/C10H14N4O4/c1-5-4-6(8(13-5)9(16)17)14-10(18)12-3-2-7(11)15/h4,13H,2-3H2,1H3,(H2,11,15)(H,16,17)(H2,12,14,18). The van der Waals surface area contributed by atoms with Gasteiger partial charge < -0.3 is 26.5 Å². The van der Waals surface area contributed by atoms with Crippen molar-refractivity contribution in [2.24, 2.45) is 5.73 Å². The average Bonchev–Trinajstić information content (AvgIpc) is 2.58. The zero-order valence-corrected chi connectivity index (χ0v) is 9.74. The van der Waals surface area contributed by atoms with Crippen molar-refractivity contribution in [1.82, 2.24) is 10.3 Å². The lowest BCUT2D eigenvalue weighted by molar-refractivity contribution is -0.117. The van der Waals surface area contributed by atoms with Gasteiger partial charge in [0.15, 0.2) is 0 Å². The second-order valence-corrected chi connectivity index (χ2v) is 3.64. The minimum Gasteiger partial charge on any atom is -0.477 e. The number of urea groups is 1. The zero-order chi connectivity index (χ0) is 13.7. The number of hydrogen-bond acceptors (Lipinski definition) is 3. The van der Waals surface area contributed by atoms with Gasteiger partial charge in [0.25, 0.3) is 0 Å². The van der Waals surface area contributed by atoms with E-state index in [2.05, 4.69) is 15.6 Å². The minimum absolute atomic E-state index is 0.0192. The molecule has 0 fully saturated rings. The van der Waals surface area contributed by atoms with Crippen LogP contribution in [0.4, 0.5) is 10.5 Å². The van der Waals surface area contributed by atoms with Crippen molar-refractivity contribution in [3.8, 4) is 0 Å². The van der Waals surface area contributed by atoms with Gasteiger partial charge >= 0.3 is 12.0 Å². The number of rotatable bonds is 5. The highest BCUT2D eigenvalue weighted by atomic mass is 16.4. The lowest BCUT2D eigenvalue weighted by Gasteiger charge is -2.05. The fourth-order valence-electron chi connectivity index (χ4n) is 1.32. The summed E-state index contributed by atoms with van der Waals surface area (Å²) in [5.74, 6) is -1.70. The summed E-state index contributed by atoms with van der Waals surface area (Å²) in [6.07, 6.45) is 0.0192. The van der Waals surface area contributed by atoms with Crippen LogP contribution in [0.15, 0.2) is 6.07 Å². The Morgan fingerprint density at radius 3 is 2.67 bits per heavy atom. The van der Waals surface area contributed by atoms with Crippen LogP contribution < -0.4 is 16.4 Å². The molecule has 1 rings (SSSR count). The Labute approximate surface area is 103 Å². The first-order valence-corrected chi connectivity index (χ1v) is 5.16. The Morgan fingerprint density at radius 1 is 1.44 bits per heavy atom. The Hall–Kier alpha value is -2.51. The number of primary amides is 1. The van der Waals surface area contributed by atoms with Crippen LogP contribution in [-0.2, 0) is 4.79 Å². The van der Waals surface area contributed by atoms with Gasteiger partial charge in [-0.2, -0.15) is 0 Å². The third-order valence-electron chi connectivity index (χ3n) is 2.07. The summed E-state index contributed by atoms with van der Waals surface area (Å²) in [7, 11) is 0. The number of carbonyl (C=O) groups excluding carboxylic acids is 2. The molecule has 0 radical (unpaired) electrons. The molecule has 18 heavy (non-hydrogen) atoms. The van der Waals surface area contributed by atoms with Crippen molar-refractivity contribution in [2.75, 3.05) is 11.9 Å². The molecule has 0 saturated carbocycles. The molecule has 8 nitrogen and oxygen atoms in total. The third-order valence-corrected chi connectivity index (χ3v) is 2.07. The summed E-state index contributed by atoms with van der Waals surface area (Å²) >= 11 is 0. The third kappa shape index (κ3) is 3.81. The lowest BCUT2D eigenvalue weighted by atomic mass is 10.3. The number of carboxylic acid groups (broad SMARTS) is 1. The first-order chi connectivity index (χ1) is 8.40. The number of nitrogens with two attached hydrogens (primary N) is 1. The zero-order valence-electron chi connectivity index (χ0n) is 9.74. The maximum absolute atomic E-state index is 11.4. The topological polar surface area (TPSA) is 137 Å². The molecule has 1 heterocycles. The molecule has 0 spiro atoms. The summed E-state index contributed by atoms with van der Waals surface area (Å²) < 4.78 is 0. The molecule has 1 aromatic rings. The van der Waals surface area contributed by atoms with Crippen molar-refractivity contribution in [3.63, 3.8) is 0 Å². The van der Waals surface area contributed by atoms with E-state index in [-0.39, 0.29) is 24.3 Å². The molecular weight excluding hydrogens is 240 g/mol. The number of anilines is 1. The largest absolute Gasteiger partial charge is 0.477 e. The molecule has 1 aromatic heterocycles. The fraction of sp³-hybridized carbons (Fsp3) is 0.300. The van der Waals surface area contributed by atoms with Crippen LogP contribution >= 0.6 is 0 Å². The number of aromatic nitrogens is 1. The van der Waals surface area contributed by atoms with E-state index >= 15 is 0 Å². The molecule has 8 heteroatoms. The van der Waals surface area contributed by atoms with Crippen molar-refractivity contribution < 1.29 is 19.5 Å². The van der Waals surface area contributed by atoms with Crippen molar-refractivity contribution in [2.45, 2.75) is 13.3 Å². The predicted molar refractivity (Wildman–Crippen MR) is 63.3 cm³/mol. The Morgan fingerprint density at radius 2 is 2.11 bits per heavy atom.